The van der Waals surface area contributed by atoms with Gasteiger partial charge in [0.2, 0.25) is 0 Å². The highest BCUT2D eigenvalue weighted by molar-refractivity contribution is 5.75. The minimum Gasteiger partial charge on any atom is -0.468 e. The van der Waals surface area contributed by atoms with Crippen molar-refractivity contribution in [2.24, 2.45) is 0 Å². The minimum absolute atomic E-state index is 0.0342. The first kappa shape index (κ1) is 13.4. The number of carbonyl (C=O) groups excluding carboxylic acids is 1. The molecule has 0 heterocycles. The van der Waals surface area contributed by atoms with Crippen molar-refractivity contribution in [3.8, 4) is 0 Å². The lowest BCUT2D eigenvalue weighted by atomic mass is 10.2. The molecule has 5 heteroatoms. The number of aliphatic hydroxyl groups is 2. The Balaban J connectivity index is 4.31. The van der Waals surface area contributed by atoms with Crippen molar-refractivity contribution < 1.29 is 19.7 Å². The molecule has 84 valence electrons. The predicted molar refractivity (Wildman–Crippen MR) is 51.8 cm³/mol. The summed E-state index contributed by atoms with van der Waals surface area (Å²) in [4.78, 5) is 13.0. The lowest BCUT2D eigenvalue weighted by Crippen LogP contribution is -2.44. The molecule has 0 aromatic rings. The van der Waals surface area contributed by atoms with Crippen LogP contribution < -0.4 is 0 Å². The fraction of sp³-hybridized carbons (Fsp3) is 0.889. The third-order valence-corrected chi connectivity index (χ3v) is 2.08. The highest BCUT2D eigenvalue weighted by atomic mass is 16.5. The molecule has 0 rings (SSSR count). The fourth-order valence-electron chi connectivity index (χ4n) is 1.39. The van der Waals surface area contributed by atoms with Gasteiger partial charge in [0.15, 0.2) is 0 Å². The Labute approximate surface area is 84.3 Å². The summed E-state index contributed by atoms with van der Waals surface area (Å²) in [6, 6.07) is -0.376. The molecule has 0 aliphatic rings. The van der Waals surface area contributed by atoms with Crippen LogP contribution in [0.15, 0.2) is 0 Å². The van der Waals surface area contributed by atoms with E-state index in [0.29, 0.717) is 19.5 Å². The van der Waals surface area contributed by atoms with Gasteiger partial charge in [0.05, 0.1) is 20.3 Å². The standard InChI is InChI=1S/C9H19NO4/c1-3-8(9(13)14-2)10(4-6-11)5-7-12/h8,11-12H,3-7H2,1-2H3. The van der Waals surface area contributed by atoms with E-state index in [-0.39, 0.29) is 25.2 Å². The number of nitrogens with zero attached hydrogens (tertiary/aromatic N) is 1. The molecule has 0 saturated carbocycles. The van der Waals surface area contributed by atoms with Crippen molar-refractivity contribution in [3.05, 3.63) is 0 Å². The predicted octanol–water partition coefficient (Wildman–Crippen LogP) is -0.775. The average Bonchev–Trinajstić information content (AvgIpc) is 2.19. The molecule has 0 amide bonds. The van der Waals surface area contributed by atoms with Crippen LogP contribution in [0.2, 0.25) is 0 Å². The molecular formula is C9H19NO4. The Morgan fingerprint density at radius 2 is 1.86 bits per heavy atom. The molecule has 1 unspecified atom stereocenters. The number of esters is 1. The number of rotatable bonds is 7. The molecule has 14 heavy (non-hydrogen) atoms. The summed E-state index contributed by atoms with van der Waals surface area (Å²) in [6.07, 6.45) is 0.604. The monoisotopic (exact) mass is 205 g/mol. The summed E-state index contributed by atoms with van der Waals surface area (Å²) in [5, 5.41) is 17.6. The molecule has 0 aromatic carbocycles. The number of methoxy groups -OCH3 is 1. The van der Waals surface area contributed by atoms with Crippen LogP contribution >= 0.6 is 0 Å². The van der Waals surface area contributed by atoms with E-state index in [2.05, 4.69) is 4.74 Å². The van der Waals surface area contributed by atoms with Crippen molar-refractivity contribution in [3.63, 3.8) is 0 Å². The molecular weight excluding hydrogens is 186 g/mol. The zero-order valence-corrected chi connectivity index (χ0v) is 8.77. The maximum Gasteiger partial charge on any atom is 0.323 e. The smallest absolute Gasteiger partial charge is 0.323 e. The molecule has 2 N–H and O–H groups in total. The van der Waals surface area contributed by atoms with E-state index in [9.17, 15) is 4.79 Å². The van der Waals surface area contributed by atoms with Crippen LogP contribution in [0.4, 0.5) is 0 Å². The quantitative estimate of drug-likeness (QED) is 0.534. The van der Waals surface area contributed by atoms with E-state index in [1.165, 1.54) is 7.11 Å². The van der Waals surface area contributed by atoms with E-state index in [1.54, 1.807) is 4.90 Å². The van der Waals surface area contributed by atoms with Gasteiger partial charge in [0, 0.05) is 13.1 Å². The number of hydrogen-bond acceptors (Lipinski definition) is 5. The second-order valence-electron chi connectivity index (χ2n) is 2.93. The first-order valence-electron chi connectivity index (χ1n) is 4.74. The third-order valence-electron chi connectivity index (χ3n) is 2.08. The molecule has 5 nitrogen and oxygen atoms in total. The Morgan fingerprint density at radius 1 is 1.36 bits per heavy atom. The summed E-state index contributed by atoms with van der Waals surface area (Å²) in [7, 11) is 1.33. The summed E-state index contributed by atoms with van der Waals surface area (Å²) >= 11 is 0. The van der Waals surface area contributed by atoms with Crippen LogP contribution in [0, 0.1) is 0 Å². The fourth-order valence-corrected chi connectivity index (χ4v) is 1.39. The Bertz CT molecular complexity index is 157. The Morgan fingerprint density at radius 3 is 2.14 bits per heavy atom. The SMILES string of the molecule is CCC(C(=O)OC)N(CCO)CCO. The van der Waals surface area contributed by atoms with E-state index in [1.807, 2.05) is 6.92 Å². The molecule has 0 bridgehead atoms. The van der Waals surface area contributed by atoms with Crippen LogP contribution in [-0.4, -0.2) is 60.5 Å². The summed E-state index contributed by atoms with van der Waals surface area (Å²) in [5.74, 6) is -0.325. The number of aliphatic hydroxyl groups excluding tert-OH is 2. The maximum absolute atomic E-state index is 11.3. The molecule has 0 spiro atoms. The van der Waals surface area contributed by atoms with Gasteiger partial charge in [-0.15, -0.1) is 0 Å². The summed E-state index contributed by atoms with van der Waals surface area (Å²) in [5.41, 5.74) is 0. The van der Waals surface area contributed by atoms with Crippen molar-refractivity contribution in [1.29, 1.82) is 0 Å². The van der Waals surface area contributed by atoms with Crippen LogP contribution in [-0.2, 0) is 9.53 Å². The van der Waals surface area contributed by atoms with Gasteiger partial charge in [-0.1, -0.05) is 6.92 Å². The van der Waals surface area contributed by atoms with Gasteiger partial charge in [-0.2, -0.15) is 0 Å². The summed E-state index contributed by atoms with van der Waals surface area (Å²) in [6.45, 7) is 2.53. The highest BCUT2D eigenvalue weighted by Gasteiger charge is 2.23. The molecule has 0 aliphatic heterocycles. The lowest BCUT2D eigenvalue weighted by molar-refractivity contribution is -0.147. The second-order valence-corrected chi connectivity index (χ2v) is 2.93. The average molecular weight is 205 g/mol. The van der Waals surface area contributed by atoms with E-state index in [4.69, 9.17) is 10.2 Å². The third kappa shape index (κ3) is 4.04. The molecule has 0 fully saturated rings. The zero-order valence-electron chi connectivity index (χ0n) is 8.77. The highest BCUT2D eigenvalue weighted by Crippen LogP contribution is 2.05. The first-order valence-corrected chi connectivity index (χ1v) is 4.74. The van der Waals surface area contributed by atoms with Gasteiger partial charge >= 0.3 is 5.97 Å². The number of carbonyl (C=O) groups is 1. The van der Waals surface area contributed by atoms with Crippen molar-refractivity contribution in [2.45, 2.75) is 19.4 Å². The van der Waals surface area contributed by atoms with Gasteiger partial charge in [-0.25, -0.2) is 0 Å². The van der Waals surface area contributed by atoms with Gasteiger partial charge in [-0.3, -0.25) is 9.69 Å². The van der Waals surface area contributed by atoms with E-state index in [0.717, 1.165) is 0 Å². The lowest BCUT2D eigenvalue weighted by Gasteiger charge is -2.27. The van der Waals surface area contributed by atoms with Crippen molar-refractivity contribution >= 4 is 5.97 Å². The van der Waals surface area contributed by atoms with Crippen LogP contribution in [0.5, 0.6) is 0 Å². The first-order chi connectivity index (χ1) is 6.71. The molecule has 0 saturated heterocycles. The van der Waals surface area contributed by atoms with Crippen molar-refractivity contribution in [2.75, 3.05) is 33.4 Å². The van der Waals surface area contributed by atoms with Crippen LogP contribution in [0.25, 0.3) is 0 Å². The second kappa shape index (κ2) is 7.73. The minimum atomic E-state index is -0.376. The van der Waals surface area contributed by atoms with E-state index < -0.39 is 0 Å². The molecule has 0 radical (unpaired) electrons. The maximum atomic E-state index is 11.3. The Hall–Kier alpha value is -0.650. The van der Waals surface area contributed by atoms with Crippen molar-refractivity contribution in [1.82, 2.24) is 4.90 Å². The molecule has 1 atom stereocenters. The molecule has 0 aromatic heterocycles. The normalized spacial score (nSPS) is 12.9. The van der Waals surface area contributed by atoms with E-state index >= 15 is 0 Å². The number of ether oxygens (including phenoxy) is 1. The molecule has 0 aliphatic carbocycles. The topological polar surface area (TPSA) is 70.0 Å². The largest absolute Gasteiger partial charge is 0.468 e. The van der Waals surface area contributed by atoms with Gasteiger partial charge in [0.1, 0.15) is 6.04 Å². The van der Waals surface area contributed by atoms with Crippen LogP contribution in [0.3, 0.4) is 0 Å². The number of hydrogen-bond donors (Lipinski definition) is 2. The van der Waals surface area contributed by atoms with Gasteiger partial charge < -0.3 is 14.9 Å². The summed E-state index contributed by atoms with van der Waals surface area (Å²) < 4.78 is 4.63. The van der Waals surface area contributed by atoms with Crippen LogP contribution in [0.1, 0.15) is 13.3 Å². The Kier molecular flexibility index (Phi) is 7.37. The van der Waals surface area contributed by atoms with Gasteiger partial charge in [-0.05, 0) is 6.42 Å². The zero-order chi connectivity index (χ0) is 11.0. The van der Waals surface area contributed by atoms with Gasteiger partial charge in [0.25, 0.3) is 0 Å².